The van der Waals surface area contributed by atoms with Crippen LogP contribution in [0, 0.1) is 0 Å². The summed E-state index contributed by atoms with van der Waals surface area (Å²) in [6.45, 7) is 0.996. The van der Waals surface area contributed by atoms with Crippen molar-refractivity contribution in [2.45, 2.75) is 56.4 Å². The molecule has 0 radical (unpaired) electrons. The van der Waals surface area contributed by atoms with Gasteiger partial charge in [-0.25, -0.2) is 0 Å². The maximum atomic E-state index is 13.2. The lowest BCUT2D eigenvalue weighted by Gasteiger charge is -2.38. The molecule has 2 fully saturated rings. The molecule has 0 saturated carbocycles. The Labute approximate surface area is 189 Å². The predicted octanol–water partition coefficient (Wildman–Crippen LogP) is 6.33. The SMILES string of the molecule is Cl.O=C(N[C@@H](c1ccsc1)C1CCC2CCCCN21)c1cccc(C(F)(F)F)c1Cl. The van der Waals surface area contributed by atoms with Crippen molar-refractivity contribution in [1.29, 1.82) is 0 Å². The van der Waals surface area contributed by atoms with Gasteiger partial charge in [0.15, 0.2) is 0 Å². The summed E-state index contributed by atoms with van der Waals surface area (Å²) in [6, 6.07) is 5.83. The minimum Gasteiger partial charge on any atom is -0.344 e. The quantitative estimate of drug-likeness (QED) is 0.556. The summed E-state index contributed by atoms with van der Waals surface area (Å²) in [6.07, 6.45) is 0.972. The Bertz CT molecular complexity index is 876. The lowest BCUT2D eigenvalue weighted by Crippen LogP contribution is -2.47. The highest BCUT2D eigenvalue weighted by Crippen LogP contribution is 2.39. The van der Waals surface area contributed by atoms with E-state index in [4.69, 9.17) is 11.6 Å². The van der Waals surface area contributed by atoms with Crippen molar-refractivity contribution in [2.75, 3.05) is 6.54 Å². The number of piperidine rings is 1. The zero-order valence-electron chi connectivity index (χ0n) is 16.1. The van der Waals surface area contributed by atoms with Crippen LogP contribution in [0.4, 0.5) is 13.2 Å². The van der Waals surface area contributed by atoms with E-state index in [2.05, 4.69) is 10.2 Å². The monoisotopic (exact) mass is 478 g/mol. The fraction of sp³-hybridized carbons (Fsp3) is 0.476. The fourth-order valence-corrected chi connectivity index (χ4v) is 5.67. The first kappa shape index (κ1) is 23.4. The van der Waals surface area contributed by atoms with E-state index in [1.165, 1.54) is 25.0 Å². The molecular weight excluding hydrogens is 456 g/mol. The van der Waals surface area contributed by atoms with Gasteiger partial charge in [0, 0.05) is 12.1 Å². The second kappa shape index (κ2) is 9.47. The predicted molar refractivity (Wildman–Crippen MR) is 116 cm³/mol. The average molecular weight is 479 g/mol. The molecule has 164 valence electrons. The van der Waals surface area contributed by atoms with Crippen LogP contribution >= 0.6 is 35.3 Å². The van der Waals surface area contributed by atoms with Crippen LogP contribution in [0.25, 0.3) is 0 Å². The van der Waals surface area contributed by atoms with Gasteiger partial charge >= 0.3 is 6.18 Å². The first-order chi connectivity index (χ1) is 13.9. The number of carbonyl (C=O) groups excluding carboxylic acids is 1. The molecule has 2 saturated heterocycles. The first-order valence-corrected chi connectivity index (χ1v) is 11.1. The van der Waals surface area contributed by atoms with Crippen LogP contribution in [-0.2, 0) is 6.18 Å². The van der Waals surface area contributed by atoms with Gasteiger partial charge in [0.05, 0.1) is 22.2 Å². The molecule has 0 spiro atoms. The molecule has 9 heteroatoms. The van der Waals surface area contributed by atoms with E-state index in [-0.39, 0.29) is 30.1 Å². The van der Waals surface area contributed by atoms with Gasteiger partial charge in [-0.1, -0.05) is 24.1 Å². The van der Waals surface area contributed by atoms with Gasteiger partial charge in [0.25, 0.3) is 5.91 Å². The van der Waals surface area contributed by atoms with E-state index in [0.717, 1.165) is 37.4 Å². The lowest BCUT2D eigenvalue weighted by atomic mass is 9.98. The van der Waals surface area contributed by atoms with Crippen molar-refractivity contribution in [3.63, 3.8) is 0 Å². The maximum absolute atomic E-state index is 13.2. The van der Waals surface area contributed by atoms with Gasteiger partial charge in [0.1, 0.15) is 0 Å². The molecule has 3 nitrogen and oxygen atoms in total. The van der Waals surface area contributed by atoms with Crippen molar-refractivity contribution >= 4 is 41.3 Å². The van der Waals surface area contributed by atoms with Gasteiger partial charge in [-0.15, -0.1) is 12.4 Å². The molecule has 3 heterocycles. The van der Waals surface area contributed by atoms with Crippen molar-refractivity contribution in [2.24, 2.45) is 0 Å². The Morgan fingerprint density at radius 3 is 2.70 bits per heavy atom. The van der Waals surface area contributed by atoms with Gasteiger partial charge in [0.2, 0.25) is 0 Å². The Kier molecular flexibility index (Phi) is 7.38. The molecule has 2 unspecified atom stereocenters. The van der Waals surface area contributed by atoms with Crippen molar-refractivity contribution < 1.29 is 18.0 Å². The van der Waals surface area contributed by atoms with Crippen molar-refractivity contribution in [3.05, 3.63) is 56.7 Å². The van der Waals surface area contributed by atoms with E-state index in [1.807, 2.05) is 16.8 Å². The molecule has 30 heavy (non-hydrogen) atoms. The molecule has 4 rings (SSSR count). The summed E-state index contributed by atoms with van der Waals surface area (Å²) < 4.78 is 39.6. The van der Waals surface area contributed by atoms with E-state index >= 15 is 0 Å². The zero-order valence-corrected chi connectivity index (χ0v) is 18.5. The number of nitrogens with one attached hydrogen (secondary N) is 1. The molecule has 1 aromatic heterocycles. The summed E-state index contributed by atoms with van der Waals surface area (Å²) >= 11 is 7.52. The minimum atomic E-state index is -4.60. The highest BCUT2D eigenvalue weighted by molar-refractivity contribution is 7.08. The van der Waals surface area contributed by atoms with Crippen molar-refractivity contribution in [1.82, 2.24) is 10.2 Å². The number of rotatable bonds is 4. The minimum absolute atomic E-state index is 0. The molecule has 0 bridgehead atoms. The molecule has 1 N–H and O–H groups in total. The van der Waals surface area contributed by atoms with Crippen LogP contribution in [0.5, 0.6) is 0 Å². The molecule has 1 amide bonds. The number of carbonyl (C=O) groups is 1. The molecule has 1 aromatic carbocycles. The number of thiophene rings is 1. The molecular formula is C21H23Cl2F3N2OS. The standard InChI is InChI=1S/C21H22ClF3N2OS.ClH/c22-18-15(5-3-6-16(18)21(23,24)25)20(28)26-19(13-9-11-29-12-13)17-8-7-14-4-1-2-10-27(14)17;/h3,5-6,9,11-12,14,17,19H,1-2,4,7-8,10H2,(H,26,28);1H/t14?,17?,19-;/m0./s1. The van der Waals surface area contributed by atoms with Crippen LogP contribution in [0.2, 0.25) is 5.02 Å². The summed E-state index contributed by atoms with van der Waals surface area (Å²) in [4.78, 5) is 15.5. The third kappa shape index (κ3) is 4.64. The number of fused-ring (bicyclic) bond motifs is 1. The van der Waals surface area contributed by atoms with E-state index in [0.29, 0.717) is 6.04 Å². The molecule has 3 atom stereocenters. The van der Waals surface area contributed by atoms with E-state index in [1.54, 1.807) is 11.3 Å². The number of hydrogen-bond donors (Lipinski definition) is 1. The topological polar surface area (TPSA) is 32.3 Å². The number of amides is 1. The fourth-order valence-electron chi connectivity index (χ4n) is 4.66. The number of halogens is 5. The summed E-state index contributed by atoms with van der Waals surface area (Å²) in [5.41, 5.74) is -0.145. The third-order valence-electron chi connectivity index (χ3n) is 6.02. The Balaban J connectivity index is 0.00000256. The highest BCUT2D eigenvalue weighted by Gasteiger charge is 2.41. The van der Waals surface area contributed by atoms with Crippen LogP contribution in [-0.4, -0.2) is 29.4 Å². The van der Waals surface area contributed by atoms with Gasteiger partial charge < -0.3 is 5.32 Å². The van der Waals surface area contributed by atoms with Crippen LogP contribution in [0.1, 0.15) is 59.6 Å². The molecule has 2 aliphatic rings. The number of nitrogens with zero attached hydrogens (tertiary/aromatic N) is 1. The van der Waals surface area contributed by atoms with Gasteiger partial charge in [-0.05, 0) is 66.8 Å². The van der Waals surface area contributed by atoms with Crippen molar-refractivity contribution in [3.8, 4) is 0 Å². The molecule has 2 aromatic rings. The Morgan fingerprint density at radius 2 is 2.00 bits per heavy atom. The number of hydrogen-bond acceptors (Lipinski definition) is 3. The third-order valence-corrected chi connectivity index (χ3v) is 7.13. The largest absolute Gasteiger partial charge is 0.417 e. The zero-order chi connectivity index (χ0) is 20.6. The second-order valence-corrected chi connectivity index (χ2v) is 8.86. The summed E-state index contributed by atoms with van der Waals surface area (Å²) in [5, 5.41) is 6.40. The molecule has 2 aliphatic heterocycles. The summed E-state index contributed by atoms with van der Waals surface area (Å²) in [7, 11) is 0. The first-order valence-electron chi connectivity index (χ1n) is 9.80. The Hall–Kier alpha value is -1.28. The lowest BCUT2D eigenvalue weighted by molar-refractivity contribution is -0.137. The second-order valence-electron chi connectivity index (χ2n) is 7.70. The number of alkyl halides is 3. The van der Waals surface area contributed by atoms with Gasteiger partial charge in [-0.2, -0.15) is 24.5 Å². The normalized spacial score (nSPS) is 22.8. The van der Waals surface area contributed by atoms with Gasteiger partial charge in [-0.3, -0.25) is 9.69 Å². The van der Waals surface area contributed by atoms with Crippen LogP contribution in [0.15, 0.2) is 35.0 Å². The number of benzene rings is 1. The van der Waals surface area contributed by atoms with Crippen LogP contribution < -0.4 is 5.32 Å². The molecule has 0 aliphatic carbocycles. The highest BCUT2D eigenvalue weighted by atomic mass is 35.5. The maximum Gasteiger partial charge on any atom is 0.417 e. The van der Waals surface area contributed by atoms with E-state index in [9.17, 15) is 18.0 Å². The van der Waals surface area contributed by atoms with E-state index < -0.39 is 22.7 Å². The smallest absolute Gasteiger partial charge is 0.344 e. The summed E-state index contributed by atoms with van der Waals surface area (Å²) in [5.74, 6) is -0.572. The van der Waals surface area contributed by atoms with Crippen LogP contribution in [0.3, 0.4) is 0 Å². The average Bonchev–Trinajstić information content (AvgIpc) is 3.35. The Morgan fingerprint density at radius 1 is 1.20 bits per heavy atom.